The Balaban J connectivity index is 1.48. The summed E-state index contributed by atoms with van der Waals surface area (Å²) >= 11 is 0. The van der Waals surface area contributed by atoms with Gasteiger partial charge in [0.05, 0.1) is 18.9 Å². The van der Waals surface area contributed by atoms with Gasteiger partial charge in [-0.05, 0) is 30.3 Å². The van der Waals surface area contributed by atoms with Crippen LogP contribution in [-0.4, -0.2) is 73.2 Å². The molecule has 2 aliphatic rings. The largest absolute Gasteiger partial charge is 0.379 e. The van der Waals surface area contributed by atoms with Crippen molar-refractivity contribution in [3.05, 3.63) is 65.6 Å². The number of hydrogen-bond acceptors (Lipinski definition) is 7. The lowest BCUT2D eigenvalue weighted by Crippen LogP contribution is -2.61. The van der Waals surface area contributed by atoms with Crippen LogP contribution in [0, 0.1) is 5.82 Å². The second kappa shape index (κ2) is 11.2. The summed E-state index contributed by atoms with van der Waals surface area (Å²) < 4.78 is 18.8. The van der Waals surface area contributed by atoms with Crippen LogP contribution in [0.2, 0.25) is 0 Å². The normalized spacial score (nSPS) is 18.7. The van der Waals surface area contributed by atoms with Crippen LogP contribution in [0.3, 0.4) is 0 Å². The predicted molar refractivity (Wildman–Crippen MR) is 130 cm³/mol. The fourth-order valence-corrected chi connectivity index (χ4v) is 4.19. The molecule has 0 aliphatic carbocycles. The molecule has 8 heteroatoms. The molecule has 2 aromatic rings. The zero-order valence-electron chi connectivity index (χ0n) is 19.1. The van der Waals surface area contributed by atoms with Gasteiger partial charge < -0.3 is 9.64 Å². The summed E-state index contributed by atoms with van der Waals surface area (Å²) in [4.78, 5) is 22.4. The number of benzene rings is 1. The van der Waals surface area contributed by atoms with Gasteiger partial charge in [-0.25, -0.2) is 14.4 Å². The van der Waals surface area contributed by atoms with Crippen LogP contribution >= 0.6 is 0 Å². The smallest absolute Gasteiger partial charge is 0.132 e. The summed E-state index contributed by atoms with van der Waals surface area (Å²) in [6.45, 7) is 11.1. The van der Waals surface area contributed by atoms with Gasteiger partial charge in [-0.2, -0.15) is 0 Å². The van der Waals surface area contributed by atoms with Crippen molar-refractivity contribution >= 4 is 18.7 Å². The molecule has 2 aliphatic heterocycles. The van der Waals surface area contributed by atoms with E-state index in [4.69, 9.17) is 14.7 Å². The molecule has 1 aromatic carbocycles. The molecule has 0 saturated carbocycles. The first-order valence-corrected chi connectivity index (χ1v) is 11.4. The summed E-state index contributed by atoms with van der Waals surface area (Å²) in [7, 11) is 0. The lowest BCUT2D eigenvalue weighted by molar-refractivity contribution is 0.0104. The first kappa shape index (κ1) is 23.2. The third-order valence-electron chi connectivity index (χ3n) is 6.15. The number of rotatable bonds is 9. The summed E-state index contributed by atoms with van der Waals surface area (Å²) in [5.74, 6) is 1.72. The molecule has 0 spiro atoms. The van der Waals surface area contributed by atoms with Gasteiger partial charge in [-0.1, -0.05) is 19.1 Å². The van der Waals surface area contributed by atoms with Crippen molar-refractivity contribution in [2.45, 2.75) is 31.7 Å². The Morgan fingerprint density at radius 2 is 1.94 bits per heavy atom. The Kier molecular flexibility index (Phi) is 7.91. The van der Waals surface area contributed by atoms with Crippen LogP contribution in [0.25, 0.3) is 0 Å². The molecular formula is C25H31FN6O. The molecular weight excluding hydrogens is 419 g/mol. The first-order valence-electron chi connectivity index (χ1n) is 11.4. The Morgan fingerprint density at radius 1 is 1.18 bits per heavy atom. The molecule has 174 valence electrons. The first-order chi connectivity index (χ1) is 16.1. The van der Waals surface area contributed by atoms with Crippen molar-refractivity contribution in [3.8, 4) is 0 Å². The van der Waals surface area contributed by atoms with Gasteiger partial charge >= 0.3 is 0 Å². The molecule has 0 unspecified atom stereocenters. The number of aliphatic imine (C=N–C) groups is 2. The highest BCUT2D eigenvalue weighted by molar-refractivity contribution is 5.62. The number of nitrogens with zero attached hydrogens (tertiary/aromatic N) is 6. The van der Waals surface area contributed by atoms with E-state index in [2.05, 4.69) is 39.5 Å². The van der Waals surface area contributed by atoms with Gasteiger partial charge in [0.25, 0.3) is 0 Å². The topological polar surface area (TPSA) is 66.2 Å². The van der Waals surface area contributed by atoms with E-state index >= 15 is 0 Å². The molecule has 1 aromatic heterocycles. The van der Waals surface area contributed by atoms with E-state index in [-0.39, 0.29) is 11.7 Å². The number of halogens is 1. The number of anilines is 1. The SMILES string of the molecule is C=N/C=C\N=CCc1cc(N2CC(N3CCOCC3)C2)nc(C[C@@H](C)c2ccc(F)cc2)n1. The molecule has 0 N–H and O–H groups in total. The zero-order valence-corrected chi connectivity index (χ0v) is 19.1. The van der Waals surface area contributed by atoms with E-state index in [0.717, 1.165) is 62.3 Å². The summed E-state index contributed by atoms with van der Waals surface area (Å²) in [6, 6.07) is 9.28. The predicted octanol–water partition coefficient (Wildman–Crippen LogP) is 3.27. The van der Waals surface area contributed by atoms with Crippen LogP contribution in [0.15, 0.2) is 52.7 Å². The Bertz CT molecular complexity index is 981. The van der Waals surface area contributed by atoms with E-state index in [0.29, 0.717) is 18.9 Å². The maximum absolute atomic E-state index is 13.3. The molecule has 33 heavy (non-hydrogen) atoms. The third kappa shape index (κ3) is 6.30. The fraction of sp³-hybridized carbons (Fsp3) is 0.440. The summed E-state index contributed by atoms with van der Waals surface area (Å²) in [5.41, 5.74) is 2.01. The maximum Gasteiger partial charge on any atom is 0.132 e. The Labute approximate surface area is 194 Å². The average molecular weight is 451 g/mol. The van der Waals surface area contributed by atoms with Crippen LogP contribution < -0.4 is 4.90 Å². The van der Waals surface area contributed by atoms with Crippen LogP contribution in [-0.2, 0) is 17.6 Å². The minimum atomic E-state index is -0.223. The van der Waals surface area contributed by atoms with E-state index in [1.165, 1.54) is 12.1 Å². The molecule has 0 radical (unpaired) electrons. The van der Waals surface area contributed by atoms with Gasteiger partial charge in [-0.15, -0.1) is 0 Å². The van der Waals surface area contributed by atoms with Gasteiger partial charge in [0.1, 0.15) is 17.5 Å². The second-order valence-corrected chi connectivity index (χ2v) is 8.51. The molecule has 7 nitrogen and oxygen atoms in total. The number of aromatic nitrogens is 2. The van der Waals surface area contributed by atoms with Gasteiger partial charge in [0.2, 0.25) is 0 Å². The molecule has 3 heterocycles. The number of hydrogen-bond donors (Lipinski definition) is 0. The highest BCUT2D eigenvalue weighted by Crippen LogP contribution is 2.25. The molecule has 1 atom stereocenters. The second-order valence-electron chi connectivity index (χ2n) is 8.51. The Hall–Kier alpha value is -2.97. The zero-order chi connectivity index (χ0) is 23.0. The van der Waals surface area contributed by atoms with Crippen molar-refractivity contribution in [2.24, 2.45) is 9.98 Å². The molecule has 0 bridgehead atoms. The lowest BCUT2D eigenvalue weighted by atomic mass is 9.97. The fourth-order valence-electron chi connectivity index (χ4n) is 4.19. The highest BCUT2D eigenvalue weighted by atomic mass is 19.1. The molecule has 2 saturated heterocycles. The summed E-state index contributed by atoms with van der Waals surface area (Å²) in [6.07, 6.45) is 6.26. The van der Waals surface area contributed by atoms with Crippen molar-refractivity contribution < 1.29 is 9.13 Å². The third-order valence-corrected chi connectivity index (χ3v) is 6.15. The Morgan fingerprint density at radius 3 is 2.67 bits per heavy atom. The van der Waals surface area contributed by atoms with Gasteiger partial charge in [0.15, 0.2) is 0 Å². The van der Waals surface area contributed by atoms with E-state index in [9.17, 15) is 4.39 Å². The van der Waals surface area contributed by atoms with E-state index in [1.807, 2.05) is 18.3 Å². The maximum atomic E-state index is 13.3. The molecule has 4 rings (SSSR count). The van der Waals surface area contributed by atoms with Crippen molar-refractivity contribution in [3.63, 3.8) is 0 Å². The minimum Gasteiger partial charge on any atom is -0.379 e. The highest BCUT2D eigenvalue weighted by Gasteiger charge is 2.33. The quantitative estimate of drug-likeness (QED) is 0.549. The van der Waals surface area contributed by atoms with Crippen LogP contribution in [0.4, 0.5) is 10.2 Å². The monoisotopic (exact) mass is 450 g/mol. The average Bonchev–Trinajstić information content (AvgIpc) is 2.79. The van der Waals surface area contributed by atoms with Crippen LogP contribution in [0.1, 0.15) is 29.9 Å². The van der Waals surface area contributed by atoms with E-state index < -0.39 is 0 Å². The van der Waals surface area contributed by atoms with Gasteiger partial charge in [-0.3, -0.25) is 14.9 Å². The number of ether oxygens (including phenoxy) is 1. The van der Waals surface area contributed by atoms with E-state index in [1.54, 1.807) is 12.4 Å². The molecule has 2 fully saturated rings. The molecule has 0 amide bonds. The number of morpholine rings is 1. The summed E-state index contributed by atoms with van der Waals surface area (Å²) in [5, 5.41) is 0. The van der Waals surface area contributed by atoms with Crippen molar-refractivity contribution in [1.82, 2.24) is 14.9 Å². The van der Waals surface area contributed by atoms with Crippen molar-refractivity contribution in [2.75, 3.05) is 44.3 Å². The lowest BCUT2D eigenvalue weighted by Gasteiger charge is -2.47. The van der Waals surface area contributed by atoms with Crippen molar-refractivity contribution in [1.29, 1.82) is 0 Å². The van der Waals surface area contributed by atoms with Gasteiger partial charge in [0, 0.05) is 69.7 Å². The minimum absolute atomic E-state index is 0.182. The van der Waals surface area contributed by atoms with Crippen LogP contribution in [0.5, 0.6) is 0 Å². The standard InChI is InChI=1S/C25H31FN6O/c1-19(20-3-5-21(26)6-4-20)15-24-29-22(7-8-28-10-9-27-2)16-25(30-24)32-17-23(18-32)31-11-13-33-14-12-31/h3-6,8-10,16,19,23H,2,7,11-15,17-18H2,1H3/b10-9-,28-8?/t19-/m1/s1.